The lowest BCUT2D eigenvalue weighted by Gasteiger charge is -2.14. The van der Waals surface area contributed by atoms with Gasteiger partial charge in [-0.15, -0.1) is 11.8 Å². The Kier molecular flexibility index (Phi) is 5.59. The van der Waals surface area contributed by atoms with E-state index in [1.54, 1.807) is 23.9 Å². The number of benzene rings is 2. The second kappa shape index (κ2) is 7.43. The summed E-state index contributed by atoms with van der Waals surface area (Å²) in [5, 5.41) is 3.33. The molecule has 0 fully saturated rings. The normalized spacial score (nSPS) is 10.4. The van der Waals surface area contributed by atoms with E-state index in [0.717, 1.165) is 28.1 Å². The highest BCUT2D eigenvalue weighted by atomic mass is 32.2. The summed E-state index contributed by atoms with van der Waals surface area (Å²) in [6.45, 7) is 0.691. The van der Waals surface area contributed by atoms with Gasteiger partial charge in [-0.05, 0) is 42.5 Å². The Labute approximate surface area is 133 Å². The van der Waals surface area contributed by atoms with Crippen molar-refractivity contribution in [3.8, 4) is 0 Å². The third kappa shape index (κ3) is 4.19. The number of nitrogens with one attached hydrogen (secondary N) is 1. The van der Waals surface area contributed by atoms with Crippen molar-refractivity contribution >= 4 is 34.7 Å². The summed E-state index contributed by atoms with van der Waals surface area (Å²) in [6, 6.07) is 12.6. The van der Waals surface area contributed by atoms with Crippen LogP contribution in [0, 0.1) is 5.82 Å². The maximum atomic E-state index is 13.1. The SMILES string of the molecule is CSc1cccc(NCCc2cccc(F)c2)c1C(N)=S. The molecule has 0 heterocycles. The van der Waals surface area contributed by atoms with Gasteiger partial charge in [0.15, 0.2) is 0 Å². The minimum absolute atomic E-state index is 0.208. The summed E-state index contributed by atoms with van der Waals surface area (Å²) in [7, 11) is 0. The van der Waals surface area contributed by atoms with Gasteiger partial charge in [-0.3, -0.25) is 0 Å². The maximum Gasteiger partial charge on any atom is 0.123 e. The van der Waals surface area contributed by atoms with Crippen molar-refractivity contribution in [2.75, 3.05) is 18.1 Å². The van der Waals surface area contributed by atoms with E-state index in [2.05, 4.69) is 5.32 Å². The van der Waals surface area contributed by atoms with Crippen molar-refractivity contribution in [1.82, 2.24) is 0 Å². The summed E-state index contributed by atoms with van der Waals surface area (Å²) < 4.78 is 13.1. The van der Waals surface area contributed by atoms with Gasteiger partial charge in [-0.1, -0.05) is 30.4 Å². The van der Waals surface area contributed by atoms with E-state index in [1.165, 1.54) is 6.07 Å². The van der Waals surface area contributed by atoms with E-state index >= 15 is 0 Å². The standard InChI is InChI=1S/C16H17FN2S2/c1-21-14-7-3-6-13(15(14)16(18)20)19-9-8-11-4-2-5-12(17)10-11/h2-7,10,19H,8-9H2,1H3,(H2,18,20). The van der Waals surface area contributed by atoms with Crippen molar-refractivity contribution in [3.63, 3.8) is 0 Å². The first-order valence-corrected chi connectivity index (χ1v) is 8.20. The van der Waals surface area contributed by atoms with Crippen LogP contribution < -0.4 is 11.1 Å². The highest BCUT2D eigenvalue weighted by Crippen LogP contribution is 2.27. The van der Waals surface area contributed by atoms with Gasteiger partial charge in [0.1, 0.15) is 10.8 Å². The predicted octanol–water partition coefficient (Wildman–Crippen LogP) is 3.84. The van der Waals surface area contributed by atoms with Gasteiger partial charge in [-0.2, -0.15) is 0 Å². The lowest BCUT2D eigenvalue weighted by atomic mass is 10.1. The molecule has 0 bridgehead atoms. The Bertz CT molecular complexity index is 644. The van der Waals surface area contributed by atoms with Crippen molar-refractivity contribution < 1.29 is 4.39 Å². The molecule has 0 saturated heterocycles. The molecule has 0 unspecified atom stereocenters. The molecule has 0 aliphatic heterocycles. The van der Waals surface area contributed by atoms with Crippen LogP contribution in [0.25, 0.3) is 0 Å². The van der Waals surface area contributed by atoms with E-state index in [9.17, 15) is 4.39 Å². The Morgan fingerprint density at radius 3 is 2.71 bits per heavy atom. The van der Waals surface area contributed by atoms with Crippen molar-refractivity contribution in [2.24, 2.45) is 5.73 Å². The molecule has 0 aliphatic carbocycles. The van der Waals surface area contributed by atoms with Crippen LogP contribution in [0.1, 0.15) is 11.1 Å². The monoisotopic (exact) mass is 320 g/mol. The van der Waals surface area contributed by atoms with Gasteiger partial charge < -0.3 is 11.1 Å². The van der Waals surface area contributed by atoms with Crippen LogP contribution in [-0.4, -0.2) is 17.8 Å². The fraction of sp³-hybridized carbons (Fsp3) is 0.188. The van der Waals surface area contributed by atoms with E-state index in [-0.39, 0.29) is 5.82 Å². The molecule has 3 N–H and O–H groups in total. The van der Waals surface area contributed by atoms with Crippen molar-refractivity contribution in [2.45, 2.75) is 11.3 Å². The molecule has 21 heavy (non-hydrogen) atoms. The highest BCUT2D eigenvalue weighted by molar-refractivity contribution is 7.98. The first-order valence-electron chi connectivity index (χ1n) is 6.57. The molecular formula is C16H17FN2S2. The lowest BCUT2D eigenvalue weighted by molar-refractivity contribution is 0.625. The van der Waals surface area contributed by atoms with Gasteiger partial charge in [-0.25, -0.2) is 4.39 Å². The molecule has 0 aliphatic rings. The van der Waals surface area contributed by atoms with Gasteiger partial charge in [0, 0.05) is 22.7 Å². The van der Waals surface area contributed by atoms with E-state index in [4.69, 9.17) is 18.0 Å². The molecule has 0 aromatic heterocycles. The van der Waals surface area contributed by atoms with Crippen LogP contribution >= 0.6 is 24.0 Å². The third-order valence-corrected chi connectivity index (χ3v) is 4.09. The second-order valence-corrected chi connectivity index (χ2v) is 5.84. The number of anilines is 1. The lowest BCUT2D eigenvalue weighted by Crippen LogP contribution is -2.15. The fourth-order valence-electron chi connectivity index (χ4n) is 2.14. The molecule has 2 rings (SSSR count). The average molecular weight is 320 g/mol. The number of thioether (sulfide) groups is 1. The molecule has 2 aromatic rings. The van der Waals surface area contributed by atoms with E-state index in [1.807, 2.05) is 30.5 Å². The molecular weight excluding hydrogens is 303 g/mol. The molecule has 0 amide bonds. The number of hydrogen-bond donors (Lipinski definition) is 2. The molecule has 0 atom stereocenters. The number of halogens is 1. The minimum Gasteiger partial charge on any atom is -0.389 e. The second-order valence-electron chi connectivity index (χ2n) is 4.55. The first kappa shape index (κ1) is 15.8. The Morgan fingerprint density at radius 2 is 2.05 bits per heavy atom. The third-order valence-electron chi connectivity index (χ3n) is 3.11. The zero-order valence-electron chi connectivity index (χ0n) is 11.7. The van der Waals surface area contributed by atoms with Crippen molar-refractivity contribution in [1.29, 1.82) is 0 Å². The largest absolute Gasteiger partial charge is 0.389 e. The van der Waals surface area contributed by atoms with Crippen LogP contribution in [0.4, 0.5) is 10.1 Å². The molecule has 0 spiro atoms. The van der Waals surface area contributed by atoms with E-state index < -0.39 is 0 Å². The number of thiocarbonyl (C=S) groups is 1. The molecule has 2 aromatic carbocycles. The van der Waals surface area contributed by atoms with Crippen LogP contribution in [0.15, 0.2) is 47.4 Å². The van der Waals surface area contributed by atoms with Crippen LogP contribution in [-0.2, 0) is 6.42 Å². The maximum absolute atomic E-state index is 13.1. The van der Waals surface area contributed by atoms with E-state index in [0.29, 0.717) is 11.5 Å². The Hall–Kier alpha value is -1.59. The summed E-state index contributed by atoms with van der Waals surface area (Å²) >= 11 is 6.75. The topological polar surface area (TPSA) is 38.0 Å². The number of hydrogen-bond acceptors (Lipinski definition) is 3. The summed E-state index contributed by atoms with van der Waals surface area (Å²) in [4.78, 5) is 1.44. The van der Waals surface area contributed by atoms with Gasteiger partial charge in [0.2, 0.25) is 0 Å². The Morgan fingerprint density at radius 1 is 1.29 bits per heavy atom. The number of nitrogens with two attached hydrogens (primary N) is 1. The quantitative estimate of drug-likeness (QED) is 0.626. The molecule has 5 heteroatoms. The zero-order chi connectivity index (χ0) is 15.2. The Balaban J connectivity index is 2.08. The summed E-state index contributed by atoms with van der Waals surface area (Å²) in [5.74, 6) is -0.208. The minimum atomic E-state index is -0.208. The molecule has 2 nitrogen and oxygen atoms in total. The zero-order valence-corrected chi connectivity index (χ0v) is 13.4. The predicted molar refractivity (Wildman–Crippen MR) is 92.7 cm³/mol. The van der Waals surface area contributed by atoms with Gasteiger partial charge >= 0.3 is 0 Å². The highest BCUT2D eigenvalue weighted by Gasteiger charge is 2.10. The number of rotatable bonds is 6. The summed E-state index contributed by atoms with van der Waals surface area (Å²) in [6.07, 6.45) is 2.73. The van der Waals surface area contributed by atoms with Crippen molar-refractivity contribution in [3.05, 3.63) is 59.4 Å². The molecule has 0 saturated carbocycles. The smallest absolute Gasteiger partial charge is 0.123 e. The van der Waals surface area contributed by atoms with Crippen LogP contribution in [0.3, 0.4) is 0 Å². The summed E-state index contributed by atoms with van der Waals surface area (Å²) in [5.41, 5.74) is 8.58. The first-order chi connectivity index (χ1) is 10.1. The fourth-order valence-corrected chi connectivity index (χ4v) is 3.06. The van der Waals surface area contributed by atoms with Crippen LogP contribution in [0.5, 0.6) is 0 Å². The average Bonchev–Trinajstić information content (AvgIpc) is 2.46. The van der Waals surface area contributed by atoms with Crippen LogP contribution in [0.2, 0.25) is 0 Å². The molecule has 110 valence electrons. The van der Waals surface area contributed by atoms with Gasteiger partial charge in [0.05, 0.1) is 0 Å². The van der Waals surface area contributed by atoms with Gasteiger partial charge in [0.25, 0.3) is 0 Å². The molecule has 0 radical (unpaired) electrons.